The normalized spacial score (nSPS) is 17.7. The third kappa shape index (κ3) is 6.56. The Labute approximate surface area is 197 Å². The standard InChI is InChI=1S/C19H22N4O2.C8H16/c1-11(20)17(19(21)24)18(22-2)13-6-8-15-12(10-13)7-9-16(23-15)25-14-4-3-5-14;1-2-5-8-6-3-4-7-8/h6-10,14H,3-5,20H2,1-2H3,(H2,21,24);8H,2-7H2,1H3/b17-11-,22-18?;. The van der Waals surface area contributed by atoms with E-state index in [0.717, 1.165) is 35.2 Å². The summed E-state index contributed by atoms with van der Waals surface area (Å²) in [5, 5.41) is 0.929. The van der Waals surface area contributed by atoms with Crippen molar-refractivity contribution in [1.29, 1.82) is 0 Å². The summed E-state index contributed by atoms with van der Waals surface area (Å²) in [6.07, 6.45) is 12.6. The van der Waals surface area contributed by atoms with Gasteiger partial charge in [0, 0.05) is 29.8 Å². The van der Waals surface area contributed by atoms with E-state index in [-0.39, 0.29) is 5.57 Å². The first-order valence-electron chi connectivity index (χ1n) is 12.2. The number of rotatable bonds is 7. The Morgan fingerprint density at radius 3 is 2.36 bits per heavy atom. The molecule has 0 aliphatic heterocycles. The summed E-state index contributed by atoms with van der Waals surface area (Å²) in [5.41, 5.74) is 13.9. The third-order valence-corrected chi connectivity index (χ3v) is 6.55. The molecule has 178 valence electrons. The van der Waals surface area contributed by atoms with Gasteiger partial charge in [-0.15, -0.1) is 0 Å². The second-order valence-electron chi connectivity index (χ2n) is 9.16. The minimum atomic E-state index is -0.594. The quantitative estimate of drug-likeness (QED) is 0.442. The van der Waals surface area contributed by atoms with E-state index >= 15 is 0 Å². The Bertz CT molecular complexity index is 1010. The van der Waals surface area contributed by atoms with Crippen LogP contribution in [0.25, 0.3) is 10.9 Å². The molecule has 1 heterocycles. The van der Waals surface area contributed by atoms with Crippen LogP contribution in [0.4, 0.5) is 0 Å². The molecule has 6 heteroatoms. The van der Waals surface area contributed by atoms with Crippen LogP contribution in [-0.4, -0.2) is 29.8 Å². The number of nitrogens with zero attached hydrogens (tertiary/aromatic N) is 2. The predicted molar refractivity (Wildman–Crippen MR) is 135 cm³/mol. The minimum absolute atomic E-state index is 0.236. The van der Waals surface area contributed by atoms with Crippen molar-refractivity contribution in [2.45, 2.75) is 77.7 Å². The lowest BCUT2D eigenvalue weighted by Crippen LogP contribution is -2.25. The van der Waals surface area contributed by atoms with Crippen LogP contribution in [-0.2, 0) is 4.79 Å². The van der Waals surface area contributed by atoms with Crippen LogP contribution in [0.5, 0.6) is 5.88 Å². The smallest absolute Gasteiger partial charge is 0.252 e. The molecule has 0 spiro atoms. The van der Waals surface area contributed by atoms with Crippen LogP contribution in [0, 0.1) is 5.92 Å². The van der Waals surface area contributed by atoms with Crippen molar-refractivity contribution in [2.75, 3.05) is 7.05 Å². The first-order chi connectivity index (χ1) is 15.9. The number of carbonyl (C=O) groups is 1. The van der Waals surface area contributed by atoms with Crippen molar-refractivity contribution in [2.24, 2.45) is 22.4 Å². The zero-order valence-electron chi connectivity index (χ0n) is 20.3. The fourth-order valence-electron chi connectivity index (χ4n) is 4.57. The van der Waals surface area contributed by atoms with Gasteiger partial charge in [0.2, 0.25) is 5.88 Å². The number of allylic oxidation sites excluding steroid dienone is 1. The van der Waals surface area contributed by atoms with Crippen molar-refractivity contribution in [3.05, 3.63) is 47.2 Å². The monoisotopic (exact) mass is 450 g/mol. The van der Waals surface area contributed by atoms with Gasteiger partial charge in [0.1, 0.15) is 6.10 Å². The number of fused-ring (bicyclic) bond motifs is 1. The molecule has 0 unspecified atom stereocenters. The van der Waals surface area contributed by atoms with Crippen LogP contribution in [0.2, 0.25) is 0 Å². The van der Waals surface area contributed by atoms with Gasteiger partial charge in [0.05, 0.1) is 16.8 Å². The number of benzene rings is 1. The summed E-state index contributed by atoms with van der Waals surface area (Å²) in [6.45, 7) is 3.93. The zero-order chi connectivity index (χ0) is 23.8. The van der Waals surface area contributed by atoms with Crippen LogP contribution in [0.3, 0.4) is 0 Å². The van der Waals surface area contributed by atoms with E-state index < -0.39 is 5.91 Å². The average molecular weight is 451 g/mol. The maximum absolute atomic E-state index is 11.7. The number of aromatic nitrogens is 1. The molecular weight excluding hydrogens is 412 g/mol. The zero-order valence-corrected chi connectivity index (χ0v) is 20.3. The van der Waals surface area contributed by atoms with Gasteiger partial charge in [0.25, 0.3) is 5.91 Å². The molecule has 1 aromatic carbocycles. The number of carbonyl (C=O) groups excluding carboxylic acids is 1. The first kappa shape index (κ1) is 24.7. The van der Waals surface area contributed by atoms with Crippen molar-refractivity contribution in [1.82, 2.24) is 4.98 Å². The van der Waals surface area contributed by atoms with Gasteiger partial charge in [-0.2, -0.15) is 0 Å². The van der Waals surface area contributed by atoms with Crippen molar-refractivity contribution in [3.63, 3.8) is 0 Å². The lowest BCUT2D eigenvalue weighted by atomic mass is 9.96. The molecule has 6 nitrogen and oxygen atoms in total. The highest BCUT2D eigenvalue weighted by molar-refractivity contribution is 6.28. The minimum Gasteiger partial charge on any atom is -0.474 e. The van der Waals surface area contributed by atoms with E-state index in [2.05, 4.69) is 16.9 Å². The molecule has 0 radical (unpaired) electrons. The Hall–Kier alpha value is -2.89. The fraction of sp³-hybridized carbons (Fsp3) is 0.519. The molecule has 0 bridgehead atoms. The van der Waals surface area contributed by atoms with Crippen molar-refractivity contribution >= 4 is 22.5 Å². The highest BCUT2D eigenvalue weighted by Crippen LogP contribution is 2.28. The summed E-state index contributed by atoms with van der Waals surface area (Å²) in [5.74, 6) is 1.16. The maximum atomic E-state index is 11.7. The van der Waals surface area contributed by atoms with E-state index in [0.29, 0.717) is 23.4 Å². The number of ether oxygens (including phenoxy) is 1. The van der Waals surface area contributed by atoms with Crippen molar-refractivity contribution in [3.8, 4) is 5.88 Å². The van der Waals surface area contributed by atoms with Crippen LogP contribution < -0.4 is 16.2 Å². The second kappa shape index (κ2) is 11.8. The molecule has 2 aliphatic carbocycles. The number of primary amides is 1. The molecule has 2 aromatic rings. The SMILES string of the molecule is CCCC1CCCC1.CN=C(/C(C(N)=O)=C(\C)N)c1ccc2nc(OC3CCC3)ccc2c1. The number of hydrogen-bond donors (Lipinski definition) is 2. The molecule has 0 saturated heterocycles. The summed E-state index contributed by atoms with van der Waals surface area (Å²) in [6, 6.07) is 9.48. The summed E-state index contributed by atoms with van der Waals surface area (Å²) >= 11 is 0. The van der Waals surface area contributed by atoms with Gasteiger partial charge in [0.15, 0.2) is 0 Å². The van der Waals surface area contributed by atoms with Crippen molar-refractivity contribution < 1.29 is 9.53 Å². The number of pyridine rings is 1. The summed E-state index contributed by atoms with van der Waals surface area (Å²) in [4.78, 5) is 20.5. The Morgan fingerprint density at radius 1 is 1.09 bits per heavy atom. The maximum Gasteiger partial charge on any atom is 0.252 e. The third-order valence-electron chi connectivity index (χ3n) is 6.55. The van der Waals surface area contributed by atoms with Gasteiger partial charge in [-0.3, -0.25) is 9.79 Å². The first-order valence-corrected chi connectivity index (χ1v) is 12.2. The number of aliphatic imine (C=N–C) groups is 1. The van der Waals surface area contributed by atoms with E-state index in [1.807, 2.05) is 30.3 Å². The fourth-order valence-corrected chi connectivity index (χ4v) is 4.57. The molecule has 4 N–H and O–H groups in total. The molecule has 2 saturated carbocycles. The Balaban J connectivity index is 0.000000323. The van der Waals surface area contributed by atoms with Gasteiger partial charge in [-0.1, -0.05) is 51.5 Å². The van der Waals surface area contributed by atoms with E-state index in [9.17, 15) is 4.79 Å². The number of nitrogens with two attached hydrogens (primary N) is 2. The van der Waals surface area contributed by atoms with E-state index in [1.165, 1.54) is 44.9 Å². The van der Waals surface area contributed by atoms with Gasteiger partial charge in [-0.05, 0) is 50.3 Å². The molecule has 4 rings (SSSR count). The Kier molecular flexibility index (Phi) is 8.87. The predicted octanol–water partition coefficient (Wildman–Crippen LogP) is 5.28. The average Bonchev–Trinajstić information content (AvgIpc) is 3.27. The Morgan fingerprint density at radius 2 is 1.82 bits per heavy atom. The summed E-state index contributed by atoms with van der Waals surface area (Å²) in [7, 11) is 1.61. The molecule has 1 amide bonds. The molecule has 2 aliphatic rings. The molecule has 0 atom stereocenters. The molecule has 33 heavy (non-hydrogen) atoms. The largest absolute Gasteiger partial charge is 0.474 e. The van der Waals surface area contributed by atoms with Crippen LogP contribution in [0.1, 0.15) is 77.2 Å². The lowest BCUT2D eigenvalue weighted by molar-refractivity contribution is -0.114. The molecule has 2 fully saturated rings. The highest BCUT2D eigenvalue weighted by Gasteiger charge is 2.20. The second-order valence-corrected chi connectivity index (χ2v) is 9.16. The highest BCUT2D eigenvalue weighted by atomic mass is 16.5. The number of amides is 1. The van der Waals surface area contributed by atoms with Gasteiger partial charge >= 0.3 is 0 Å². The van der Waals surface area contributed by atoms with Crippen LogP contribution in [0.15, 0.2) is 46.6 Å². The van der Waals surface area contributed by atoms with E-state index in [4.69, 9.17) is 16.2 Å². The van der Waals surface area contributed by atoms with Gasteiger partial charge in [-0.25, -0.2) is 4.98 Å². The van der Waals surface area contributed by atoms with Gasteiger partial charge < -0.3 is 16.2 Å². The number of hydrogen-bond acceptors (Lipinski definition) is 5. The summed E-state index contributed by atoms with van der Waals surface area (Å²) < 4.78 is 5.84. The molecule has 1 aromatic heterocycles. The topological polar surface area (TPSA) is 104 Å². The lowest BCUT2D eigenvalue weighted by Gasteiger charge is -2.25. The van der Waals surface area contributed by atoms with E-state index in [1.54, 1.807) is 14.0 Å². The van der Waals surface area contributed by atoms with Crippen LogP contribution >= 0.6 is 0 Å². The molecular formula is C27H38N4O2.